The van der Waals surface area contributed by atoms with Crippen molar-refractivity contribution in [3.63, 3.8) is 0 Å². The number of fused-ring (bicyclic) bond motifs is 1. The van der Waals surface area contributed by atoms with Gasteiger partial charge in [-0.3, -0.25) is 4.79 Å². The monoisotopic (exact) mass is 399 g/mol. The molecule has 0 radical (unpaired) electrons. The summed E-state index contributed by atoms with van der Waals surface area (Å²) in [6, 6.07) is 8.05. The van der Waals surface area contributed by atoms with E-state index in [1.165, 1.54) is 11.3 Å². The molecule has 0 atom stereocenters. The van der Waals surface area contributed by atoms with Crippen molar-refractivity contribution in [3.05, 3.63) is 40.3 Å². The highest BCUT2D eigenvalue weighted by Crippen LogP contribution is 2.44. The van der Waals surface area contributed by atoms with E-state index in [0.29, 0.717) is 11.5 Å². The summed E-state index contributed by atoms with van der Waals surface area (Å²) in [6.07, 6.45) is 3.93. The van der Waals surface area contributed by atoms with E-state index in [2.05, 4.69) is 31.7 Å². The number of para-hydroxylation sites is 1. The van der Waals surface area contributed by atoms with Crippen LogP contribution >= 0.6 is 11.3 Å². The van der Waals surface area contributed by atoms with Gasteiger partial charge in [0, 0.05) is 34.9 Å². The standard InChI is InChI=1S/C23H29NO3S/c1-4-7-11-19-22(17-10-8-9-12-18(17)27-19)23-20(16-28-21(23)15-25)26-14-13-24(5-2)6-3/h8-10,12,15-16H,4-7,11,13-14H2,1-3H3. The lowest BCUT2D eigenvalue weighted by Gasteiger charge is -2.18. The van der Waals surface area contributed by atoms with E-state index in [0.717, 1.165) is 78.8 Å². The number of hydrogen-bond donors (Lipinski definition) is 0. The first-order valence-corrected chi connectivity index (χ1v) is 11.0. The van der Waals surface area contributed by atoms with E-state index in [-0.39, 0.29) is 0 Å². The number of furan rings is 1. The molecule has 0 fully saturated rings. The molecule has 0 saturated heterocycles. The maximum absolute atomic E-state index is 11.8. The third-order valence-corrected chi connectivity index (χ3v) is 6.01. The third-order valence-electron chi connectivity index (χ3n) is 5.13. The van der Waals surface area contributed by atoms with Gasteiger partial charge in [-0.1, -0.05) is 45.4 Å². The van der Waals surface area contributed by atoms with Crippen molar-refractivity contribution in [1.82, 2.24) is 4.90 Å². The molecule has 0 aliphatic rings. The molecule has 1 aromatic carbocycles. The zero-order valence-electron chi connectivity index (χ0n) is 17.0. The van der Waals surface area contributed by atoms with Gasteiger partial charge in [-0.2, -0.15) is 0 Å². The van der Waals surface area contributed by atoms with Crippen LogP contribution < -0.4 is 4.74 Å². The zero-order valence-corrected chi connectivity index (χ0v) is 17.8. The minimum Gasteiger partial charge on any atom is -0.491 e. The van der Waals surface area contributed by atoms with E-state index in [1.54, 1.807) is 0 Å². The third kappa shape index (κ3) is 4.31. The largest absolute Gasteiger partial charge is 0.491 e. The topological polar surface area (TPSA) is 42.7 Å². The van der Waals surface area contributed by atoms with Crippen LogP contribution in [-0.2, 0) is 6.42 Å². The van der Waals surface area contributed by atoms with Gasteiger partial charge in [0.25, 0.3) is 0 Å². The Bertz CT molecular complexity index is 908. The number of carbonyl (C=O) groups is 1. The van der Waals surface area contributed by atoms with E-state index < -0.39 is 0 Å². The number of aryl methyl sites for hydroxylation is 1. The van der Waals surface area contributed by atoms with Crippen molar-refractivity contribution in [2.24, 2.45) is 0 Å². The van der Waals surface area contributed by atoms with Gasteiger partial charge in [0.15, 0.2) is 6.29 Å². The Morgan fingerprint density at radius 2 is 1.93 bits per heavy atom. The van der Waals surface area contributed by atoms with Crippen LogP contribution in [0.5, 0.6) is 5.75 Å². The van der Waals surface area contributed by atoms with E-state index in [4.69, 9.17) is 9.15 Å². The molecule has 0 aliphatic heterocycles. The predicted octanol–water partition coefficient (Wildman–Crippen LogP) is 6.04. The maximum atomic E-state index is 11.8. The molecule has 0 unspecified atom stereocenters. The molecule has 2 heterocycles. The number of ether oxygens (including phenoxy) is 1. The average Bonchev–Trinajstić information content (AvgIpc) is 3.29. The molecule has 4 nitrogen and oxygen atoms in total. The zero-order chi connectivity index (χ0) is 19.9. The van der Waals surface area contributed by atoms with Gasteiger partial charge < -0.3 is 14.1 Å². The fourth-order valence-corrected chi connectivity index (χ4v) is 4.30. The van der Waals surface area contributed by atoms with Gasteiger partial charge in [-0.25, -0.2) is 0 Å². The highest BCUT2D eigenvalue weighted by atomic mass is 32.1. The highest BCUT2D eigenvalue weighted by Gasteiger charge is 2.23. The number of carbonyl (C=O) groups excluding carboxylic acids is 1. The molecule has 0 aliphatic carbocycles. The Morgan fingerprint density at radius 3 is 2.64 bits per heavy atom. The van der Waals surface area contributed by atoms with E-state index in [1.807, 2.05) is 23.6 Å². The van der Waals surface area contributed by atoms with Crippen LogP contribution in [0.4, 0.5) is 0 Å². The number of aldehydes is 1. The van der Waals surface area contributed by atoms with Gasteiger partial charge in [0.1, 0.15) is 23.7 Å². The van der Waals surface area contributed by atoms with Crippen LogP contribution in [0.1, 0.15) is 49.0 Å². The first-order valence-electron chi connectivity index (χ1n) is 10.2. The Balaban J connectivity index is 2.00. The Labute approximate surface area is 171 Å². The molecule has 0 bridgehead atoms. The van der Waals surface area contributed by atoms with Crippen LogP contribution in [0, 0.1) is 0 Å². The molecular formula is C23H29NO3S. The number of nitrogens with zero attached hydrogens (tertiary/aromatic N) is 1. The van der Waals surface area contributed by atoms with Crippen LogP contribution in [0.25, 0.3) is 22.1 Å². The lowest BCUT2D eigenvalue weighted by Crippen LogP contribution is -2.27. The maximum Gasteiger partial charge on any atom is 0.160 e. The summed E-state index contributed by atoms with van der Waals surface area (Å²) in [4.78, 5) is 14.8. The number of benzene rings is 1. The second-order valence-corrected chi connectivity index (χ2v) is 7.74. The van der Waals surface area contributed by atoms with E-state index >= 15 is 0 Å². The predicted molar refractivity (Wildman–Crippen MR) is 117 cm³/mol. The minimum absolute atomic E-state index is 0.601. The normalized spacial score (nSPS) is 11.4. The number of rotatable bonds is 11. The molecule has 3 rings (SSSR count). The van der Waals surface area contributed by atoms with Gasteiger partial charge in [0.05, 0.1) is 4.88 Å². The molecule has 0 saturated carbocycles. The summed E-state index contributed by atoms with van der Waals surface area (Å²) in [5.41, 5.74) is 2.77. The smallest absolute Gasteiger partial charge is 0.160 e. The van der Waals surface area contributed by atoms with Gasteiger partial charge in [-0.05, 0) is 25.6 Å². The van der Waals surface area contributed by atoms with Crippen molar-refractivity contribution >= 4 is 28.6 Å². The van der Waals surface area contributed by atoms with Crippen LogP contribution in [0.15, 0.2) is 34.1 Å². The molecule has 28 heavy (non-hydrogen) atoms. The summed E-state index contributed by atoms with van der Waals surface area (Å²) in [6.45, 7) is 9.96. The van der Waals surface area contributed by atoms with Crippen molar-refractivity contribution < 1.29 is 13.9 Å². The first kappa shape index (κ1) is 20.6. The summed E-state index contributed by atoms with van der Waals surface area (Å²) in [5.74, 6) is 1.72. The Kier molecular flexibility index (Phi) is 7.29. The van der Waals surface area contributed by atoms with Crippen molar-refractivity contribution in [1.29, 1.82) is 0 Å². The summed E-state index contributed by atoms with van der Waals surface area (Å²) in [7, 11) is 0. The number of unbranched alkanes of at least 4 members (excludes halogenated alkanes) is 1. The van der Waals surface area contributed by atoms with Crippen LogP contribution in [0.3, 0.4) is 0 Å². The molecule has 0 N–H and O–H groups in total. The van der Waals surface area contributed by atoms with Crippen molar-refractivity contribution in [2.75, 3.05) is 26.2 Å². The molecule has 3 aromatic rings. The van der Waals surface area contributed by atoms with Crippen molar-refractivity contribution in [2.45, 2.75) is 40.0 Å². The van der Waals surface area contributed by atoms with E-state index in [9.17, 15) is 4.79 Å². The molecule has 0 spiro atoms. The lowest BCUT2D eigenvalue weighted by atomic mass is 9.99. The Morgan fingerprint density at radius 1 is 1.14 bits per heavy atom. The molecule has 0 amide bonds. The van der Waals surface area contributed by atoms with Crippen LogP contribution in [-0.4, -0.2) is 37.4 Å². The fraction of sp³-hybridized carbons (Fsp3) is 0.435. The second-order valence-electron chi connectivity index (χ2n) is 6.83. The summed E-state index contributed by atoms with van der Waals surface area (Å²) < 4.78 is 12.3. The minimum atomic E-state index is 0.601. The molecular weight excluding hydrogens is 370 g/mol. The summed E-state index contributed by atoms with van der Waals surface area (Å²) in [5, 5.41) is 3.00. The number of hydrogen-bond acceptors (Lipinski definition) is 5. The van der Waals surface area contributed by atoms with Crippen molar-refractivity contribution in [3.8, 4) is 16.9 Å². The number of likely N-dealkylation sites (N-methyl/N-ethyl adjacent to an activating group) is 1. The SMILES string of the molecule is CCCCc1oc2ccccc2c1-c1c(OCCN(CC)CC)csc1C=O. The molecule has 5 heteroatoms. The molecule has 150 valence electrons. The lowest BCUT2D eigenvalue weighted by molar-refractivity contribution is 0.112. The summed E-state index contributed by atoms with van der Waals surface area (Å²) >= 11 is 1.44. The number of thiophene rings is 1. The first-order chi connectivity index (χ1) is 13.7. The Hall–Kier alpha value is -2.11. The molecule has 2 aromatic heterocycles. The van der Waals surface area contributed by atoms with Gasteiger partial charge in [0.2, 0.25) is 0 Å². The average molecular weight is 400 g/mol. The van der Waals surface area contributed by atoms with Gasteiger partial charge >= 0.3 is 0 Å². The quantitative estimate of drug-likeness (QED) is 0.369. The highest BCUT2D eigenvalue weighted by molar-refractivity contribution is 7.12. The van der Waals surface area contributed by atoms with Crippen LogP contribution in [0.2, 0.25) is 0 Å². The fourth-order valence-electron chi connectivity index (χ4n) is 3.50. The second kappa shape index (κ2) is 9.89. The van der Waals surface area contributed by atoms with Gasteiger partial charge in [-0.15, -0.1) is 11.3 Å².